The molecular weight excluding hydrogens is 167 g/mol. The van der Waals surface area contributed by atoms with Gasteiger partial charge in [0, 0.05) is 0 Å². The summed E-state index contributed by atoms with van der Waals surface area (Å²) in [6.45, 7) is 0. The summed E-state index contributed by atoms with van der Waals surface area (Å²) in [5, 5.41) is 0. The van der Waals surface area contributed by atoms with E-state index < -0.39 is 0 Å². The van der Waals surface area contributed by atoms with E-state index in [2.05, 4.69) is 10.2 Å². The average Bonchev–Trinajstić information content (AvgIpc) is 2.05. The number of allylic oxidation sites excluding steroid dienone is 1. The van der Waals surface area contributed by atoms with Crippen molar-refractivity contribution in [3.05, 3.63) is 47.4 Å². The van der Waals surface area contributed by atoms with Gasteiger partial charge in [0.2, 0.25) is 0 Å². The maximum absolute atomic E-state index is 12.2. The molecule has 0 N–H and O–H groups in total. The second-order valence-electron chi connectivity index (χ2n) is 2.58. The van der Waals surface area contributed by atoms with Gasteiger partial charge in [0.1, 0.15) is 10.2 Å². The van der Waals surface area contributed by atoms with E-state index in [-0.39, 0.29) is 5.45 Å². The van der Waals surface area contributed by atoms with E-state index in [0.717, 1.165) is 12.8 Å². The largest absolute Gasteiger partial charge is 0.219 e. The molecule has 0 aliphatic rings. The Labute approximate surface area is 75.5 Å². The fourth-order valence-electron chi connectivity index (χ4n) is 1.01. The zero-order valence-corrected chi connectivity index (χ0v) is 7.76. The SMILES string of the molecule is FC([Si])=CCCc1ccccc1. The molecule has 0 unspecified atom stereocenters. The molecule has 0 aliphatic carbocycles. The normalized spacial score (nSPS) is 11.7. The molecule has 0 nitrogen and oxygen atoms in total. The summed E-state index contributed by atoms with van der Waals surface area (Å²) < 4.78 is 12.2. The van der Waals surface area contributed by atoms with Crippen LogP contribution in [0.1, 0.15) is 12.0 Å². The Morgan fingerprint density at radius 3 is 2.58 bits per heavy atom. The Morgan fingerprint density at radius 1 is 1.33 bits per heavy atom. The van der Waals surface area contributed by atoms with Crippen LogP contribution in [-0.2, 0) is 6.42 Å². The Morgan fingerprint density at radius 2 is 2.00 bits per heavy atom. The van der Waals surface area contributed by atoms with Gasteiger partial charge in [-0.1, -0.05) is 36.4 Å². The van der Waals surface area contributed by atoms with Crippen molar-refractivity contribution in [2.75, 3.05) is 0 Å². The van der Waals surface area contributed by atoms with Gasteiger partial charge in [-0.25, -0.2) is 4.39 Å². The summed E-state index contributed by atoms with van der Waals surface area (Å²) in [6.07, 6.45) is 3.15. The molecule has 1 aromatic carbocycles. The number of halogens is 1. The minimum Gasteiger partial charge on any atom is -0.219 e. The van der Waals surface area contributed by atoms with Gasteiger partial charge in [0.05, 0.1) is 5.45 Å². The molecule has 0 saturated carbocycles. The third-order valence-electron chi connectivity index (χ3n) is 1.60. The van der Waals surface area contributed by atoms with Crippen molar-refractivity contribution < 1.29 is 4.39 Å². The Balaban J connectivity index is 2.39. The second kappa shape index (κ2) is 4.88. The first-order valence-corrected chi connectivity index (χ1v) is 4.40. The van der Waals surface area contributed by atoms with E-state index in [1.807, 2.05) is 30.3 Å². The molecule has 0 bridgehead atoms. The van der Waals surface area contributed by atoms with Gasteiger partial charge < -0.3 is 0 Å². The first kappa shape index (κ1) is 9.20. The molecular formula is C10H10FSi. The molecule has 0 spiro atoms. The highest BCUT2D eigenvalue weighted by Crippen LogP contribution is 2.03. The fourth-order valence-corrected chi connectivity index (χ4v) is 1.15. The summed E-state index contributed by atoms with van der Waals surface area (Å²) in [7, 11) is 2.79. The van der Waals surface area contributed by atoms with E-state index in [0.29, 0.717) is 0 Å². The van der Waals surface area contributed by atoms with Gasteiger partial charge in [-0.3, -0.25) is 0 Å². The molecule has 61 valence electrons. The van der Waals surface area contributed by atoms with Gasteiger partial charge >= 0.3 is 0 Å². The first-order valence-electron chi connectivity index (χ1n) is 3.90. The van der Waals surface area contributed by atoms with Crippen LogP contribution in [0.4, 0.5) is 4.39 Å². The van der Waals surface area contributed by atoms with Crippen molar-refractivity contribution in [3.63, 3.8) is 0 Å². The van der Waals surface area contributed by atoms with Gasteiger partial charge in [-0.2, -0.15) is 0 Å². The third-order valence-corrected chi connectivity index (χ3v) is 1.80. The first-order chi connectivity index (χ1) is 5.79. The summed E-state index contributed by atoms with van der Waals surface area (Å²) in [6, 6.07) is 10.0. The monoisotopic (exact) mass is 177 g/mol. The molecule has 0 fully saturated rings. The maximum atomic E-state index is 12.2. The zero-order chi connectivity index (χ0) is 8.81. The lowest BCUT2D eigenvalue weighted by Crippen LogP contribution is -1.82. The highest BCUT2D eigenvalue weighted by molar-refractivity contribution is 6.19. The van der Waals surface area contributed by atoms with Crippen LogP contribution in [0.2, 0.25) is 0 Å². The smallest absolute Gasteiger partial charge is 0.114 e. The van der Waals surface area contributed by atoms with Crippen molar-refractivity contribution in [1.29, 1.82) is 0 Å². The van der Waals surface area contributed by atoms with Crippen LogP contribution < -0.4 is 0 Å². The molecule has 0 atom stereocenters. The molecule has 12 heavy (non-hydrogen) atoms. The van der Waals surface area contributed by atoms with E-state index in [9.17, 15) is 4.39 Å². The molecule has 2 heteroatoms. The topological polar surface area (TPSA) is 0 Å². The fraction of sp³-hybridized carbons (Fsp3) is 0.200. The summed E-state index contributed by atoms with van der Waals surface area (Å²) in [5.41, 5.74) is 0.951. The van der Waals surface area contributed by atoms with Crippen molar-refractivity contribution in [2.24, 2.45) is 0 Å². The molecule has 3 radical (unpaired) electrons. The van der Waals surface area contributed by atoms with E-state index in [1.165, 1.54) is 11.6 Å². The number of rotatable bonds is 3. The van der Waals surface area contributed by atoms with Gasteiger partial charge in [-0.05, 0) is 18.4 Å². The number of hydrogen-bond donors (Lipinski definition) is 0. The highest BCUT2D eigenvalue weighted by atomic mass is 28.1. The number of hydrogen-bond acceptors (Lipinski definition) is 0. The molecule has 0 aliphatic heterocycles. The van der Waals surface area contributed by atoms with E-state index >= 15 is 0 Å². The molecule has 1 aromatic rings. The van der Waals surface area contributed by atoms with Crippen LogP contribution in [0.3, 0.4) is 0 Å². The Bertz CT molecular complexity index is 250. The molecule has 0 aromatic heterocycles. The minimum atomic E-state index is -0.286. The summed E-state index contributed by atoms with van der Waals surface area (Å²) in [4.78, 5) is 0. The average molecular weight is 177 g/mol. The Kier molecular flexibility index (Phi) is 3.74. The molecule has 0 saturated heterocycles. The van der Waals surface area contributed by atoms with E-state index in [4.69, 9.17) is 0 Å². The highest BCUT2D eigenvalue weighted by Gasteiger charge is 1.89. The van der Waals surface area contributed by atoms with Crippen LogP contribution in [0.5, 0.6) is 0 Å². The maximum Gasteiger partial charge on any atom is 0.114 e. The lowest BCUT2D eigenvalue weighted by molar-refractivity contribution is 0.686. The van der Waals surface area contributed by atoms with Crippen LogP contribution >= 0.6 is 0 Å². The molecule has 0 amide bonds. The van der Waals surface area contributed by atoms with Gasteiger partial charge in [0.15, 0.2) is 0 Å². The minimum absolute atomic E-state index is 0.286. The van der Waals surface area contributed by atoms with Crippen molar-refractivity contribution in [3.8, 4) is 0 Å². The van der Waals surface area contributed by atoms with Gasteiger partial charge in [-0.15, -0.1) is 0 Å². The van der Waals surface area contributed by atoms with Crippen LogP contribution in [0.25, 0.3) is 0 Å². The van der Waals surface area contributed by atoms with Crippen LogP contribution in [-0.4, -0.2) is 10.2 Å². The summed E-state index contributed by atoms with van der Waals surface area (Å²) in [5.74, 6) is 0. The zero-order valence-electron chi connectivity index (χ0n) is 6.76. The van der Waals surface area contributed by atoms with Crippen molar-refractivity contribution >= 4 is 10.2 Å². The van der Waals surface area contributed by atoms with Crippen LogP contribution in [0, 0.1) is 0 Å². The second-order valence-corrected chi connectivity index (χ2v) is 3.05. The lowest BCUT2D eigenvalue weighted by atomic mass is 10.1. The predicted octanol–water partition coefficient (Wildman–Crippen LogP) is 2.60. The van der Waals surface area contributed by atoms with Crippen molar-refractivity contribution in [2.45, 2.75) is 12.8 Å². The predicted molar refractivity (Wildman–Crippen MR) is 49.7 cm³/mol. The number of aryl methyl sites for hydroxylation is 1. The lowest BCUT2D eigenvalue weighted by Gasteiger charge is -1.95. The summed E-state index contributed by atoms with van der Waals surface area (Å²) >= 11 is 0. The van der Waals surface area contributed by atoms with E-state index in [1.54, 1.807) is 0 Å². The quantitative estimate of drug-likeness (QED) is 0.622. The number of benzene rings is 1. The molecule has 1 rings (SSSR count). The van der Waals surface area contributed by atoms with Crippen LogP contribution in [0.15, 0.2) is 41.9 Å². The van der Waals surface area contributed by atoms with Crippen molar-refractivity contribution in [1.82, 2.24) is 0 Å². The standard InChI is InChI=1S/C10H10FSi/c11-10(12)8-4-7-9-5-2-1-3-6-9/h1-3,5-6,8H,4,7H2. The van der Waals surface area contributed by atoms with Gasteiger partial charge in [0.25, 0.3) is 0 Å². The molecule has 0 heterocycles. The third kappa shape index (κ3) is 3.48. The Hall–Kier alpha value is -0.893.